The number of nitrogens with zero attached hydrogens (tertiary/aromatic N) is 6. The topological polar surface area (TPSA) is 87.8 Å². The van der Waals surface area contributed by atoms with Crippen molar-refractivity contribution in [1.82, 2.24) is 29.7 Å². The molecule has 1 saturated carbocycles. The summed E-state index contributed by atoms with van der Waals surface area (Å²) < 4.78 is 41.3. The van der Waals surface area contributed by atoms with Crippen LogP contribution in [-0.4, -0.2) is 49.6 Å². The zero-order valence-corrected chi connectivity index (χ0v) is 21.0. The fourth-order valence-electron chi connectivity index (χ4n) is 4.68. The number of ether oxygens (including phenoxy) is 2. The Bertz CT molecular complexity index is 1460. The van der Waals surface area contributed by atoms with Crippen molar-refractivity contribution >= 4 is 22.8 Å². The third kappa shape index (κ3) is 4.87. The lowest BCUT2D eigenvalue weighted by atomic mass is 9.92. The van der Waals surface area contributed by atoms with Gasteiger partial charge in [-0.05, 0) is 50.8 Å². The second kappa shape index (κ2) is 9.90. The summed E-state index contributed by atoms with van der Waals surface area (Å²) in [6, 6.07) is 4.88. The maximum Gasteiger partial charge on any atom is 0.236 e. The molecule has 1 aromatic carbocycles. The van der Waals surface area contributed by atoms with Crippen LogP contribution in [0.1, 0.15) is 60.8 Å². The first-order valence-corrected chi connectivity index (χ1v) is 12.7. The van der Waals surface area contributed by atoms with E-state index in [0.717, 1.165) is 18.4 Å². The molecular weight excluding hydrogens is 502 g/mol. The van der Waals surface area contributed by atoms with Gasteiger partial charge < -0.3 is 9.47 Å². The van der Waals surface area contributed by atoms with E-state index in [0.29, 0.717) is 42.7 Å². The van der Waals surface area contributed by atoms with Gasteiger partial charge in [-0.15, -0.1) is 0 Å². The summed E-state index contributed by atoms with van der Waals surface area (Å²) in [6.07, 6.45) is 7.49. The second-order valence-electron chi connectivity index (χ2n) is 9.44. The zero-order valence-electron chi connectivity index (χ0n) is 20.2. The molecule has 6 rings (SSSR count). The highest BCUT2D eigenvalue weighted by atomic mass is 35.5. The van der Waals surface area contributed by atoms with Gasteiger partial charge in [-0.2, -0.15) is 5.10 Å². The largest absolute Gasteiger partial charge is 0.474 e. The van der Waals surface area contributed by atoms with E-state index < -0.39 is 12.5 Å². The first-order chi connectivity index (χ1) is 18.0. The third-order valence-corrected chi connectivity index (χ3v) is 6.98. The van der Waals surface area contributed by atoms with Gasteiger partial charge >= 0.3 is 0 Å². The van der Waals surface area contributed by atoms with Crippen molar-refractivity contribution in [3.63, 3.8) is 0 Å². The first-order valence-electron chi connectivity index (χ1n) is 12.4. The Morgan fingerprint density at radius 3 is 2.81 bits per heavy atom. The molecule has 0 radical (unpaired) electrons. The summed E-state index contributed by atoms with van der Waals surface area (Å²) in [6.45, 7) is 1.42. The van der Waals surface area contributed by atoms with Crippen LogP contribution >= 0.6 is 11.6 Å². The van der Waals surface area contributed by atoms with Crippen LogP contribution in [0.4, 0.5) is 8.78 Å². The Morgan fingerprint density at radius 1 is 1.16 bits per heavy atom. The average molecular weight is 527 g/mol. The van der Waals surface area contributed by atoms with Crippen LogP contribution in [0, 0.1) is 12.7 Å². The minimum absolute atomic E-state index is 0.0360. The van der Waals surface area contributed by atoms with Crippen LogP contribution < -0.4 is 4.74 Å². The molecule has 2 aliphatic rings. The summed E-state index contributed by atoms with van der Waals surface area (Å²) >= 11 is 6.00. The van der Waals surface area contributed by atoms with Gasteiger partial charge in [0, 0.05) is 34.9 Å². The van der Waals surface area contributed by atoms with Gasteiger partial charge in [-0.1, -0.05) is 11.6 Å². The van der Waals surface area contributed by atoms with Crippen molar-refractivity contribution in [2.24, 2.45) is 0 Å². The predicted molar refractivity (Wildman–Crippen MR) is 133 cm³/mol. The zero-order chi connectivity index (χ0) is 25.5. The van der Waals surface area contributed by atoms with Gasteiger partial charge in [0.2, 0.25) is 5.88 Å². The molecule has 3 aromatic heterocycles. The number of hydrogen-bond acceptors (Lipinski definition) is 7. The Balaban J connectivity index is 1.41. The van der Waals surface area contributed by atoms with E-state index in [-0.39, 0.29) is 46.3 Å². The molecule has 0 N–H and O–H groups in total. The van der Waals surface area contributed by atoms with Gasteiger partial charge in [0.15, 0.2) is 5.65 Å². The number of hydrogen-bond donors (Lipinski definition) is 0. The molecule has 0 amide bonds. The summed E-state index contributed by atoms with van der Waals surface area (Å²) in [7, 11) is 0. The Morgan fingerprint density at radius 2 is 2.03 bits per heavy atom. The van der Waals surface area contributed by atoms with Gasteiger partial charge in [-0.25, -0.2) is 28.7 Å². The fraction of sp³-hybridized carbons (Fsp3) is 0.423. The van der Waals surface area contributed by atoms with Crippen molar-refractivity contribution in [3.8, 4) is 17.1 Å². The Hall–Kier alpha value is -3.24. The predicted octanol–water partition coefficient (Wildman–Crippen LogP) is 5.70. The number of fused-ring (bicyclic) bond motifs is 1. The molecule has 4 heterocycles. The van der Waals surface area contributed by atoms with E-state index in [9.17, 15) is 4.39 Å². The number of aryl methyl sites for hydroxylation is 1. The van der Waals surface area contributed by atoms with E-state index in [1.807, 2.05) is 10.9 Å². The lowest BCUT2D eigenvalue weighted by Crippen LogP contribution is -2.20. The molecule has 4 aromatic rings. The molecule has 11 heteroatoms. The standard InChI is InChI=1S/C26H25ClF2N6O2/c1-14-26(37-9-7-28)33-23-22(19-5-2-17(27)11-20(19)29)32-24(34-25(23)31-14)15-6-8-36-21(10-15)16-12-30-35(13-16)18-3-4-18/h2,5,11-13,15,18,21H,3-4,6-10H2,1H3/t15-,21-/m0/s1. The number of halogens is 3. The van der Waals surface area contributed by atoms with Crippen LogP contribution in [0.25, 0.3) is 22.4 Å². The number of rotatable bonds is 7. The second-order valence-corrected chi connectivity index (χ2v) is 9.88. The molecule has 2 fully saturated rings. The van der Waals surface area contributed by atoms with E-state index in [4.69, 9.17) is 31.0 Å². The van der Waals surface area contributed by atoms with E-state index >= 15 is 4.39 Å². The van der Waals surface area contributed by atoms with Gasteiger partial charge in [0.05, 0.1) is 18.3 Å². The molecule has 0 bridgehead atoms. The average Bonchev–Trinajstić information content (AvgIpc) is 3.63. The molecule has 1 saturated heterocycles. The van der Waals surface area contributed by atoms with Gasteiger partial charge in [0.25, 0.3) is 0 Å². The number of alkyl halides is 1. The Kier molecular flexibility index (Phi) is 6.46. The monoisotopic (exact) mass is 526 g/mol. The highest BCUT2D eigenvalue weighted by molar-refractivity contribution is 6.30. The molecular formula is C26H25ClF2N6O2. The molecule has 37 heavy (non-hydrogen) atoms. The summed E-state index contributed by atoms with van der Waals surface area (Å²) in [5, 5.41) is 4.77. The van der Waals surface area contributed by atoms with Gasteiger partial charge in [-0.3, -0.25) is 4.68 Å². The molecule has 0 unspecified atom stereocenters. The van der Waals surface area contributed by atoms with Crippen LogP contribution in [0.5, 0.6) is 5.88 Å². The van der Waals surface area contributed by atoms with Crippen LogP contribution in [0.3, 0.4) is 0 Å². The van der Waals surface area contributed by atoms with Crippen LogP contribution in [0.15, 0.2) is 30.6 Å². The smallest absolute Gasteiger partial charge is 0.236 e. The maximum absolute atomic E-state index is 15.1. The van der Waals surface area contributed by atoms with E-state index in [2.05, 4.69) is 21.3 Å². The summed E-state index contributed by atoms with van der Waals surface area (Å²) in [5.41, 5.74) is 2.61. The van der Waals surface area contributed by atoms with Crippen LogP contribution in [-0.2, 0) is 4.74 Å². The molecule has 8 nitrogen and oxygen atoms in total. The van der Waals surface area contributed by atoms with Crippen molar-refractivity contribution in [3.05, 3.63) is 58.5 Å². The highest BCUT2D eigenvalue weighted by Crippen LogP contribution is 2.40. The molecule has 192 valence electrons. The van der Waals surface area contributed by atoms with E-state index in [1.54, 1.807) is 19.1 Å². The third-order valence-electron chi connectivity index (χ3n) is 6.74. The SMILES string of the molecule is Cc1nc2nc([C@H]3CCO[C@H](c4cnn(C5CC5)c4)C3)nc(-c3ccc(Cl)cc3F)c2nc1OCCF. The molecule has 2 atom stereocenters. The summed E-state index contributed by atoms with van der Waals surface area (Å²) in [5.74, 6) is 0.136. The van der Waals surface area contributed by atoms with Crippen LogP contribution in [0.2, 0.25) is 5.02 Å². The fourth-order valence-corrected chi connectivity index (χ4v) is 4.83. The first kappa shape index (κ1) is 24.1. The lowest BCUT2D eigenvalue weighted by Gasteiger charge is -2.28. The molecule has 1 aliphatic carbocycles. The van der Waals surface area contributed by atoms with Crippen molar-refractivity contribution < 1.29 is 18.3 Å². The minimum atomic E-state index is -0.669. The summed E-state index contributed by atoms with van der Waals surface area (Å²) in [4.78, 5) is 18.6. The normalized spacial score (nSPS) is 19.9. The molecule has 1 aliphatic heterocycles. The lowest BCUT2D eigenvalue weighted by molar-refractivity contribution is 0.00396. The minimum Gasteiger partial charge on any atom is -0.474 e. The van der Waals surface area contributed by atoms with Crippen molar-refractivity contribution in [2.45, 2.75) is 50.7 Å². The maximum atomic E-state index is 15.1. The Labute approximate surface area is 217 Å². The molecule has 0 spiro atoms. The van der Waals surface area contributed by atoms with Gasteiger partial charge in [0.1, 0.15) is 41.8 Å². The number of benzene rings is 1. The van der Waals surface area contributed by atoms with Crippen molar-refractivity contribution in [2.75, 3.05) is 19.9 Å². The number of aromatic nitrogens is 6. The quantitative estimate of drug-likeness (QED) is 0.305. The van der Waals surface area contributed by atoms with E-state index in [1.165, 1.54) is 6.07 Å². The van der Waals surface area contributed by atoms with Crippen molar-refractivity contribution in [1.29, 1.82) is 0 Å². The highest BCUT2D eigenvalue weighted by Gasteiger charge is 2.31.